The van der Waals surface area contributed by atoms with Crippen molar-refractivity contribution in [3.63, 3.8) is 0 Å². The molecule has 0 amide bonds. The molecule has 0 bridgehead atoms. The summed E-state index contributed by atoms with van der Waals surface area (Å²) in [5.41, 5.74) is 3.44. The van der Waals surface area contributed by atoms with Crippen molar-refractivity contribution in [2.75, 3.05) is 18.0 Å². The van der Waals surface area contributed by atoms with Gasteiger partial charge >= 0.3 is 0 Å². The predicted molar refractivity (Wildman–Crippen MR) is 140 cm³/mol. The minimum Gasteiger partial charge on any atom is -0.451 e. The van der Waals surface area contributed by atoms with E-state index in [0.717, 1.165) is 41.4 Å². The molecule has 7 rings (SSSR count). The quantitative estimate of drug-likeness (QED) is 0.287. The lowest BCUT2D eigenvalue weighted by Gasteiger charge is -2.37. The van der Waals surface area contributed by atoms with Crippen LogP contribution in [0, 0.1) is 12.7 Å². The van der Waals surface area contributed by atoms with Gasteiger partial charge in [-0.1, -0.05) is 30.3 Å². The van der Waals surface area contributed by atoms with Crippen molar-refractivity contribution in [1.82, 2.24) is 9.55 Å². The number of fused-ring (bicyclic) bond motifs is 3. The highest BCUT2D eigenvalue weighted by molar-refractivity contribution is 5.97. The van der Waals surface area contributed by atoms with E-state index in [1.54, 1.807) is 13.1 Å². The normalized spacial score (nSPS) is 16.7. The maximum absolute atomic E-state index is 15.9. The first-order valence-corrected chi connectivity index (χ1v) is 12.3. The van der Waals surface area contributed by atoms with Gasteiger partial charge in [-0.2, -0.15) is 0 Å². The molecule has 5 nitrogen and oxygen atoms in total. The number of piperidine rings is 1. The number of anilines is 1. The van der Waals surface area contributed by atoms with E-state index >= 15 is 4.39 Å². The molecular weight excluding hydrogens is 453 g/mol. The zero-order valence-electron chi connectivity index (χ0n) is 19.9. The van der Waals surface area contributed by atoms with Gasteiger partial charge in [0.1, 0.15) is 11.2 Å². The number of pyridine rings is 2. The molecule has 0 spiro atoms. The van der Waals surface area contributed by atoms with Crippen LogP contribution in [0.15, 0.2) is 78.0 Å². The lowest BCUT2D eigenvalue weighted by molar-refractivity contribution is 0.455. The monoisotopic (exact) mass is 477 g/mol. The molecule has 2 aromatic heterocycles. The van der Waals surface area contributed by atoms with E-state index in [1.165, 1.54) is 6.07 Å². The fourth-order valence-corrected chi connectivity index (χ4v) is 5.79. The zero-order chi connectivity index (χ0) is 24.4. The second-order valence-electron chi connectivity index (χ2n) is 9.78. The van der Waals surface area contributed by atoms with Gasteiger partial charge in [-0.05, 0) is 60.4 Å². The summed E-state index contributed by atoms with van der Waals surface area (Å²) in [5.74, 6) is 0.882. The van der Waals surface area contributed by atoms with E-state index in [4.69, 9.17) is 4.74 Å². The number of nitrogens with zero attached hydrogens (tertiary/aromatic N) is 3. The standard InChI is InChI=1S/C30H24FN3O2/c1-18-16-34-25-12-19-6-2-3-7-20(19)13-26(25)36-30-27(34)23(29(18)35)14-24(31)28(30)33-11-5-9-22(17-33)21-8-4-10-32-15-21/h2-4,6-8,10,12-16,22H,5,9,11,17H2,1H3. The van der Waals surface area contributed by atoms with E-state index in [2.05, 4.69) is 28.1 Å². The van der Waals surface area contributed by atoms with E-state index < -0.39 is 5.82 Å². The van der Waals surface area contributed by atoms with E-state index in [1.807, 2.05) is 47.3 Å². The van der Waals surface area contributed by atoms with E-state index in [0.29, 0.717) is 40.2 Å². The number of aryl methyl sites for hydroxylation is 1. The maximum atomic E-state index is 15.9. The summed E-state index contributed by atoms with van der Waals surface area (Å²) in [6, 6.07) is 17.6. The van der Waals surface area contributed by atoms with Crippen LogP contribution in [0.25, 0.3) is 27.4 Å². The third-order valence-electron chi connectivity index (χ3n) is 7.54. The molecule has 0 N–H and O–H groups in total. The number of rotatable bonds is 2. The number of aromatic nitrogens is 2. The topological polar surface area (TPSA) is 47.4 Å². The molecule has 3 aromatic carbocycles. The molecule has 2 aliphatic heterocycles. The first-order chi connectivity index (χ1) is 17.6. The molecule has 4 heterocycles. The lowest BCUT2D eigenvalue weighted by Crippen LogP contribution is -2.35. The number of benzene rings is 3. The van der Waals surface area contributed by atoms with Crippen molar-refractivity contribution in [3.8, 4) is 17.2 Å². The maximum Gasteiger partial charge on any atom is 0.192 e. The predicted octanol–water partition coefficient (Wildman–Crippen LogP) is 6.48. The largest absolute Gasteiger partial charge is 0.451 e. The van der Waals surface area contributed by atoms with Gasteiger partial charge in [0.15, 0.2) is 22.7 Å². The third kappa shape index (κ3) is 3.14. The Kier molecular flexibility index (Phi) is 4.64. The summed E-state index contributed by atoms with van der Waals surface area (Å²) >= 11 is 0. The Bertz CT molecular complexity index is 1730. The first-order valence-electron chi connectivity index (χ1n) is 12.3. The molecule has 0 radical (unpaired) electrons. The third-order valence-corrected chi connectivity index (χ3v) is 7.54. The summed E-state index contributed by atoms with van der Waals surface area (Å²) in [5, 5.41) is 2.46. The Morgan fingerprint density at radius 2 is 1.92 bits per heavy atom. The smallest absolute Gasteiger partial charge is 0.192 e. The molecule has 2 aliphatic rings. The molecule has 6 heteroatoms. The number of ether oxygens (including phenoxy) is 1. The first kappa shape index (κ1) is 21.1. The highest BCUT2D eigenvalue weighted by atomic mass is 19.1. The molecule has 178 valence electrons. The highest BCUT2D eigenvalue weighted by Crippen LogP contribution is 2.48. The fourth-order valence-electron chi connectivity index (χ4n) is 5.79. The average molecular weight is 478 g/mol. The minimum absolute atomic E-state index is 0.173. The van der Waals surface area contributed by atoms with E-state index in [-0.39, 0.29) is 11.3 Å². The molecule has 5 aromatic rings. The van der Waals surface area contributed by atoms with Gasteiger partial charge in [-0.3, -0.25) is 9.78 Å². The molecular formula is C30H24FN3O2. The summed E-state index contributed by atoms with van der Waals surface area (Å²) in [7, 11) is 0. The summed E-state index contributed by atoms with van der Waals surface area (Å²) in [6.45, 7) is 3.15. The second kappa shape index (κ2) is 7.92. The Hall–Kier alpha value is -4.19. The van der Waals surface area contributed by atoms with Gasteiger partial charge in [0, 0.05) is 43.2 Å². The molecule has 1 atom stereocenters. The van der Waals surface area contributed by atoms with Crippen LogP contribution in [-0.2, 0) is 0 Å². The van der Waals surface area contributed by atoms with Gasteiger partial charge in [-0.15, -0.1) is 0 Å². The number of halogens is 1. The van der Waals surface area contributed by atoms with Crippen molar-refractivity contribution in [2.24, 2.45) is 0 Å². The van der Waals surface area contributed by atoms with Crippen LogP contribution in [0.3, 0.4) is 0 Å². The summed E-state index contributed by atoms with van der Waals surface area (Å²) < 4.78 is 24.4. The average Bonchev–Trinajstić information content (AvgIpc) is 2.91. The van der Waals surface area contributed by atoms with Crippen LogP contribution in [-0.4, -0.2) is 22.6 Å². The van der Waals surface area contributed by atoms with Crippen molar-refractivity contribution in [2.45, 2.75) is 25.7 Å². The van der Waals surface area contributed by atoms with Crippen LogP contribution in [0.5, 0.6) is 11.5 Å². The minimum atomic E-state index is -0.428. The lowest BCUT2D eigenvalue weighted by atomic mass is 9.91. The van der Waals surface area contributed by atoms with Crippen LogP contribution in [0.4, 0.5) is 10.1 Å². The molecule has 1 unspecified atom stereocenters. The van der Waals surface area contributed by atoms with Crippen molar-refractivity contribution in [1.29, 1.82) is 0 Å². The second-order valence-corrected chi connectivity index (χ2v) is 9.78. The van der Waals surface area contributed by atoms with Crippen LogP contribution >= 0.6 is 0 Å². The van der Waals surface area contributed by atoms with Gasteiger partial charge in [0.2, 0.25) is 0 Å². The van der Waals surface area contributed by atoms with Gasteiger partial charge in [-0.25, -0.2) is 4.39 Å². The van der Waals surface area contributed by atoms with Crippen LogP contribution in [0.1, 0.15) is 29.9 Å². The Balaban J connectivity index is 1.46. The van der Waals surface area contributed by atoms with Crippen LogP contribution < -0.4 is 15.1 Å². The van der Waals surface area contributed by atoms with Crippen molar-refractivity contribution >= 4 is 27.4 Å². The van der Waals surface area contributed by atoms with Gasteiger partial charge in [0.25, 0.3) is 0 Å². The van der Waals surface area contributed by atoms with Crippen LogP contribution in [0.2, 0.25) is 0 Å². The molecule has 0 aliphatic carbocycles. The zero-order valence-corrected chi connectivity index (χ0v) is 19.9. The van der Waals surface area contributed by atoms with Crippen molar-refractivity contribution in [3.05, 3.63) is 100 Å². The molecule has 36 heavy (non-hydrogen) atoms. The molecule has 1 fully saturated rings. The van der Waals surface area contributed by atoms with Gasteiger partial charge in [0.05, 0.1) is 11.1 Å². The fraction of sp³-hybridized carbons (Fsp3) is 0.200. The Labute approximate surface area is 207 Å². The summed E-state index contributed by atoms with van der Waals surface area (Å²) in [4.78, 5) is 19.5. The van der Waals surface area contributed by atoms with E-state index in [9.17, 15) is 4.79 Å². The molecule has 1 saturated heterocycles. The molecule has 0 saturated carbocycles. The highest BCUT2D eigenvalue weighted by Gasteiger charge is 2.32. The SMILES string of the molecule is Cc1cn2c3c(c(N4CCCC(c5cccnc5)C4)c(F)cc3c1=O)Oc1cc3ccccc3cc1-2. The van der Waals surface area contributed by atoms with Crippen molar-refractivity contribution < 1.29 is 9.13 Å². The number of hydrogen-bond acceptors (Lipinski definition) is 4. The number of hydrogen-bond donors (Lipinski definition) is 0. The van der Waals surface area contributed by atoms with Gasteiger partial charge < -0.3 is 14.2 Å². The summed E-state index contributed by atoms with van der Waals surface area (Å²) in [6.07, 6.45) is 7.46. The Morgan fingerprint density at radius 1 is 1.08 bits per heavy atom. The Morgan fingerprint density at radius 3 is 2.72 bits per heavy atom.